The highest BCUT2D eigenvalue weighted by Gasteiger charge is 2.43. The third kappa shape index (κ3) is 6.18. The molecule has 2 aromatic rings. The average molecular weight is 485 g/mol. The molecule has 2 aromatic carbocycles. The molecule has 1 aliphatic rings. The third-order valence-corrected chi connectivity index (χ3v) is 6.79. The van der Waals surface area contributed by atoms with E-state index < -0.39 is 34.4 Å². The molecule has 0 spiro atoms. The van der Waals surface area contributed by atoms with E-state index in [-0.39, 0.29) is 30.3 Å². The van der Waals surface area contributed by atoms with Gasteiger partial charge < -0.3 is 25.0 Å². The molecule has 1 amide bonds. The summed E-state index contributed by atoms with van der Waals surface area (Å²) in [4.78, 5) is 12.3. The predicted octanol–water partition coefficient (Wildman–Crippen LogP) is 0.823. The van der Waals surface area contributed by atoms with Crippen LogP contribution < -0.4 is 14.8 Å². The van der Waals surface area contributed by atoms with E-state index in [1.165, 1.54) is 24.3 Å². The van der Waals surface area contributed by atoms with E-state index in [9.17, 15) is 23.4 Å². The Balaban J connectivity index is 1.50. The van der Waals surface area contributed by atoms with Gasteiger partial charge in [-0.2, -0.15) is 0 Å². The summed E-state index contributed by atoms with van der Waals surface area (Å²) < 4.78 is 37.8. The van der Waals surface area contributed by atoms with Gasteiger partial charge in [0.05, 0.1) is 24.5 Å². The summed E-state index contributed by atoms with van der Waals surface area (Å²) in [6, 6.07) is 12.8. The number of carbonyl (C=O) groups excluding carboxylic acids is 1. The molecule has 1 fully saturated rings. The van der Waals surface area contributed by atoms with Crippen LogP contribution in [0.25, 0.3) is 0 Å². The Hall–Kier alpha value is -2.21. The number of carbonyl (C=O) groups is 1. The lowest BCUT2D eigenvalue weighted by atomic mass is 10.1. The van der Waals surface area contributed by atoms with Gasteiger partial charge in [0, 0.05) is 18.1 Å². The molecule has 0 aliphatic carbocycles. The molecule has 0 saturated carbocycles. The molecule has 0 aromatic heterocycles. The highest BCUT2D eigenvalue weighted by Crippen LogP contribution is 2.24. The van der Waals surface area contributed by atoms with Crippen molar-refractivity contribution in [2.75, 3.05) is 13.7 Å². The number of benzene rings is 2. The summed E-state index contributed by atoms with van der Waals surface area (Å²) in [6.45, 7) is 0.00563. The predicted molar refractivity (Wildman–Crippen MR) is 117 cm³/mol. The number of ether oxygens (including phenoxy) is 2. The Kier molecular flexibility index (Phi) is 8.10. The van der Waals surface area contributed by atoms with Crippen LogP contribution in [0.4, 0.5) is 0 Å². The summed E-state index contributed by atoms with van der Waals surface area (Å²) in [6.07, 6.45) is -4.83. The molecular weight excluding hydrogens is 460 g/mol. The first-order chi connectivity index (χ1) is 15.2. The Morgan fingerprint density at radius 3 is 2.31 bits per heavy atom. The van der Waals surface area contributed by atoms with Gasteiger partial charge in [0.25, 0.3) is 0 Å². The average Bonchev–Trinajstić information content (AvgIpc) is 3.05. The highest BCUT2D eigenvalue weighted by atomic mass is 35.5. The number of hydrogen-bond acceptors (Lipinski definition) is 7. The van der Waals surface area contributed by atoms with Crippen LogP contribution in [0.5, 0.6) is 5.75 Å². The monoisotopic (exact) mass is 484 g/mol. The van der Waals surface area contributed by atoms with E-state index in [0.717, 1.165) is 5.56 Å². The second kappa shape index (κ2) is 10.6. The van der Waals surface area contributed by atoms with E-state index in [4.69, 9.17) is 21.1 Å². The number of methoxy groups -OCH3 is 1. The minimum Gasteiger partial charge on any atom is -0.497 e. The number of sulfonamides is 1. The molecule has 4 unspecified atom stereocenters. The van der Waals surface area contributed by atoms with Crippen molar-refractivity contribution in [1.29, 1.82) is 0 Å². The lowest BCUT2D eigenvalue weighted by Crippen LogP contribution is -2.40. The fraction of sp³-hybridized carbons (Fsp3) is 0.381. The fourth-order valence-corrected chi connectivity index (χ4v) is 4.42. The van der Waals surface area contributed by atoms with Gasteiger partial charge in [0.2, 0.25) is 15.9 Å². The zero-order valence-corrected chi connectivity index (χ0v) is 18.8. The van der Waals surface area contributed by atoms with Crippen molar-refractivity contribution in [2.45, 2.75) is 42.3 Å². The van der Waals surface area contributed by atoms with Crippen molar-refractivity contribution in [3.05, 3.63) is 59.1 Å². The van der Waals surface area contributed by atoms with Gasteiger partial charge in [-0.05, 0) is 42.0 Å². The molecule has 174 valence electrons. The first-order valence-corrected chi connectivity index (χ1v) is 11.7. The maximum absolute atomic E-state index is 12.4. The van der Waals surface area contributed by atoms with E-state index in [1.807, 2.05) is 12.1 Å². The standard InChI is InChI=1S/C21H25ClN2O7S/c1-30-15-6-2-13(3-7-15)11-23-19(25)10-17-20(26)21(27)18(31-17)12-24-32(28,29)16-8-4-14(22)5-9-16/h2-9,17-18,20-21,24,26-27H,10-12H2,1H3,(H,23,25). The van der Waals surface area contributed by atoms with Crippen molar-refractivity contribution in [3.63, 3.8) is 0 Å². The van der Waals surface area contributed by atoms with Gasteiger partial charge in [-0.15, -0.1) is 0 Å². The van der Waals surface area contributed by atoms with Crippen LogP contribution in [-0.2, 0) is 26.1 Å². The quantitative estimate of drug-likeness (QED) is 0.414. The Bertz CT molecular complexity index is 1020. The molecule has 1 aliphatic heterocycles. The van der Waals surface area contributed by atoms with E-state index >= 15 is 0 Å². The maximum atomic E-state index is 12.4. The molecular formula is C21H25ClN2O7S. The normalized spacial score (nSPS) is 23.1. The first-order valence-electron chi connectivity index (χ1n) is 9.86. The topological polar surface area (TPSA) is 134 Å². The Morgan fingerprint density at radius 1 is 1.06 bits per heavy atom. The van der Waals surface area contributed by atoms with Crippen LogP contribution >= 0.6 is 11.6 Å². The molecule has 1 saturated heterocycles. The summed E-state index contributed by atoms with van der Waals surface area (Å²) >= 11 is 5.77. The number of hydrogen-bond donors (Lipinski definition) is 4. The van der Waals surface area contributed by atoms with Crippen LogP contribution in [-0.4, -0.2) is 62.6 Å². The van der Waals surface area contributed by atoms with E-state index in [1.54, 1.807) is 19.2 Å². The van der Waals surface area contributed by atoms with Gasteiger partial charge in [-0.1, -0.05) is 23.7 Å². The van der Waals surface area contributed by atoms with Crippen molar-refractivity contribution >= 4 is 27.5 Å². The summed E-state index contributed by atoms with van der Waals surface area (Å²) in [5.41, 5.74) is 0.863. The zero-order valence-electron chi connectivity index (χ0n) is 17.3. The van der Waals surface area contributed by atoms with Crippen molar-refractivity contribution in [3.8, 4) is 5.75 Å². The minimum atomic E-state index is -3.86. The van der Waals surface area contributed by atoms with Gasteiger partial charge in [0.15, 0.2) is 0 Å². The van der Waals surface area contributed by atoms with Gasteiger partial charge in [0.1, 0.15) is 24.1 Å². The third-order valence-electron chi connectivity index (χ3n) is 5.10. The molecule has 9 nitrogen and oxygen atoms in total. The lowest BCUT2D eigenvalue weighted by molar-refractivity contribution is -0.125. The first kappa shape index (κ1) is 24.4. The number of aliphatic hydroxyl groups excluding tert-OH is 2. The smallest absolute Gasteiger partial charge is 0.240 e. The van der Waals surface area contributed by atoms with Crippen molar-refractivity contribution in [2.24, 2.45) is 0 Å². The van der Waals surface area contributed by atoms with Crippen molar-refractivity contribution in [1.82, 2.24) is 10.0 Å². The van der Waals surface area contributed by atoms with E-state index in [2.05, 4.69) is 10.0 Å². The van der Waals surface area contributed by atoms with Gasteiger partial charge in [-0.3, -0.25) is 4.79 Å². The molecule has 11 heteroatoms. The zero-order chi connectivity index (χ0) is 23.3. The minimum absolute atomic E-state index is 0.00407. The van der Waals surface area contributed by atoms with Crippen LogP contribution in [0, 0.1) is 0 Å². The molecule has 4 N–H and O–H groups in total. The largest absolute Gasteiger partial charge is 0.497 e. The molecule has 1 heterocycles. The van der Waals surface area contributed by atoms with Gasteiger partial charge in [-0.25, -0.2) is 13.1 Å². The molecule has 32 heavy (non-hydrogen) atoms. The maximum Gasteiger partial charge on any atom is 0.240 e. The lowest BCUT2D eigenvalue weighted by Gasteiger charge is -2.15. The second-order valence-electron chi connectivity index (χ2n) is 7.33. The van der Waals surface area contributed by atoms with Crippen LogP contribution in [0.15, 0.2) is 53.4 Å². The summed E-state index contributed by atoms with van der Waals surface area (Å²) in [5.74, 6) is 0.328. The Labute approximate surface area is 191 Å². The number of rotatable bonds is 9. The van der Waals surface area contributed by atoms with Crippen molar-refractivity contribution < 1.29 is 32.9 Å². The van der Waals surface area contributed by atoms with Crippen LogP contribution in [0.1, 0.15) is 12.0 Å². The number of nitrogens with one attached hydrogen (secondary N) is 2. The Morgan fingerprint density at radius 2 is 1.69 bits per heavy atom. The molecule has 0 bridgehead atoms. The number of amides is 1. The van der Waals surface area contributed by atoms with Gasteiger partial charge >= 0.3 is 0 Å². The summed E-state index contributed by atoms with van der Waals surface area (Å²) in [5, 5.41) is 23.6. The van der Waals surface area contributed by atoms with E-state index in [0.29, 0.717) is 10.8 Å². The second-order valence-corrected chi connectivity index (χ2v) is 9.53. The summed E-state index contributed by atoms with van der Waals surface area (Å²) in [7, 11) is -2.30. The van der Waals surface area contributed by atoms with Crippen LogP contribution in [0.2, 0.25) is 5.02 Å². The van der Waals surface area contributed by atoms with Crippen LogP contribution in [0.3, 0.4) is 0 Å². The fourth-order valence-electron chi connectivity index (χ4n) is 3.25. The number of halogens is 1. The highest BCUT2D eigenvalue weighted by molar-refractivity contribution is 7.89. The molecule has 3 rings (SSSR count). The number of aliphatic hydroxyl groups is 2. The molecule has 0 radical (unpaired) electrons. The molecule has 4 atom stereocenters. The SMILES string of the molecule is COc1ccc(CNC(=O)CC2OC(CNS(=O)(=O)c3ccc(Cl)cc3)C(O)C2O)cc1.